The number of aromatic nitrogens is 4. The quantitative estimate of drug-likeness (QED) is 0.703. The molecule has 0 aliphatic carbocycles. The molecule has 0 atom stereocenters. The summed E-state index contributed by atoms with van der Waals surface area (Å²) in [5.74, 6) is -0.354. The fourth-order valence-corrected chi connectivity index (χ4v) is 3.02. The third-order valence-corrected chi connectivity index (χ3v) is 4.43. The fourth-order valence-electron chi connectivity index (χ4n) is 1.65. The highest BCUT2D eigenvalue weighted by molar-refractivity contribution is 7.99. The van der Waals surface area contributed by atoms with Gasteiger partial charge in [0, 0.05) is 11.8 Å². The Labute approximate surface area is 128 Å². The van der Waals surface area contributed by atoms with E-state index in [1.807, 2.05) is 30.3 Å². The number of aliphatic carboxylic acids is 1. The molecule has 0 spiro atoms. The molecule has 2 N–H and O–H groups in total. The topological polar surface area (TPSA) is 91.8 Å². The number of carboxylic acid groups (broad SMARTS) is 1. The molecule has 2 aromatic heterocycles. The summed E-state index contributed by atoms with van der Waals surface area (Å²) in [4.78, 5) is 20.0. The Balaban J connectivity index is 1.79. The number of hydrogen-bond donors (Lipinski definition) is 2. The lowest BCUT2D eigenvalue weighted by Gasteiger charge is -1.92. The molecular formula is C13H10N4O2S2. The number of hydrogen-bond acceptors (Lipinski definition) is 6. The number of thiazole rings is 1. The van der Waals surface area contributed by atoms with Crippen molar-refractivity contribution in [1.82, 2.24) is 20.2 Å². The molecule has 0 amide bonds. The average Bonchev–Trinajstić information content (AvgIpc) is 3.15. The summed E-state index contributed by atoms with van der Waals surface area (Å²) in [5, 5.41) is 16.8. The molecule has 0 aliphatic rings. The van der Waals surface area contributed by atoms with Crippen LogP contribution in [0.5, 0.6) is 0 Å². The maximum Gasteiger partial charge on any atom is 0.313 e. The van der Waals surface area contributed by atoms with E-state index in [1.165, 1.54) is 11.3 Å². The standard InChI is InChI=1S/C13H10N4O2S2/c18-10(19)7-20-13-15-11(16-17-13)9-6-14-12(21-9)8-4-2-1-3-5-8/h1-6H,7H2,(H,18,19)(H,15,16,17). The van der Waals surface area contributed by atoms with Crippen LogP contribution in [0.4, 0.5) is 0 Å². The summed E-state index contributed by atoms with van der Waals surface area (Å²) in [7, 11) is 0. The molecule has 6 nitrogen and oxygen atoms in total. The molecule has 2 heterocycles. The molecule has 0 saturated heterocycles. The van der Waals surface area contributed by atoms with Gasteiger partial charge in [-0.2, -0.15) is 0 Å². The third kappa shape index (κ3) is 3.29. The number of nitrogens with zero attached hydrogens (tertiary/aromatic N) is 3. The Morgan fingerprint density at radius 3 is 2.90 bits per heavy atom. The van der Waals surface area contributed by atoms with E-state index < -0.39 is 5.97 Å². The van der Waals surface area contributed by atoms with Gasteiger partial charge in [-0.15, -0.1) is 16.4 Å². The maximum absolute atomic E-state index is 10.5. The van der Waals surface area contributed by atoms with Crippen molar-refractivity contribution < 1.29 is 9.90 Å². The Morgan fingerprint density at radius 1 is 1.33 bits per heavy atom. The first kappa shape index (κ1) is 13.8. The molecule has 0 fully saturated rings. The van der Waals surface area contributed by atoms with Crippen LogP contribution in [-0.2, 0) is 4.79 Å². The third-order valence-electron chi connectivity index (χ3n) is 2.55. The van der Waals surface area contributed by atoms with E-state index in [9.17, 15) is 4.79 Å². The van der Waals surface area contributed by atoms with Crippen LogP contribution < -0.4 is 0 Å². The summed E-state index contributed by atoms with van der Waals surface area (Å²) in [6.45, 7) is 0. The predicted molar refractivity (Wildman–Crippen MR) is 81.3 cm³/mol. The van der Waals surface area contributed by atoms with Crippen molar-refractivity contribution in [3.05, 3.63) is 36.5 Å². The van der Waals surface area contributed by atoms with Gasteiger partial charge < -0.3 is 5.11 Å². The van der Waals surface area contributed by atoms with Crippen molar-refractivity contribution >= 4 is 29.1 Å². The number of benzene rings is 1. The lowest BCUT2D eigenvalue weighted by atomic mass is 10.2. The van der Waals surface area contributed by atoms with Gasteiger partial charge in [0.05, 0.1) is 10.6 Å². The van der Waals surface area contributed by atoms with Gasteiger partial charge in [-0.1, -0.05) is 42.1 Å². The van der Waals surface area contributed by atoms with E-state index in [-0.39, 0.29) is 5.75 Å². The van der Waals surface area contributed by atoms with E-state index in [2.05, 4.69) is 20.2 Å². The van der Waals surface area contributed by atoms with E-state index >= 15 is 0 Å². The Hall–Kier alpha value is -2.19. The first-order valence-corrected chi connectivity index (χ1v) is 7.81. The zero-order valence-electron chi connectivity index (χ0n) is 10.7. The largest absolute Gasteiger partial charge is 0.481 e. The van der Waals surface area contributed by atoms with Gasteiger partial charge in [0.25, 0.3) is 0 Å². The molecule has 8 heteroatoms. The number of H-pyrrole nitrogens is 1. The second kappa shape index (κ2) is 6.06. The summed E-state index contributed by atoms with van der Waals surface area (Å²) in [6.07, 6.45) is 1.74. The van der Waals surface area contributed by atoms with Crippen LogP contribution in [0, 0.1) is 0 Å². The molecule has 0 bridgehead atoms. The van der Waals surface area contributed by atoms with Crippen molar-refractivity contribution in [2.75, 3.05) is 5.75 Å². The molecule has 0 radical (unpaired) electrons. The normalized spacial score (nSPS) is 10.7. The molecule has 3 rings (SSSR count). The zero-order chi connectivity index (χ0) is 14.7. The number of carboxylic acids is 1. The molecule has 0 aliphatic heterocycles. The van der Waals surface area contributed by atoms with Crippen molar-refractivity contribution in [1.29, 1.82) is 0 Å². The lowest BCUT2D eigenvalue weighted by Crippen LogP contribution is -1.97. The van der Waals surface area contributed by atoms with Crippen molar-refractivity contribution in [3.63, 3.8) is 0 Å². The molecule has 3 aromatic rings. The minimum Gasteiger partial charge on any atom is -0.481 e. The van der Waals surface area contributed by atoms with Gasteiger partial charge in [-0.05, 0) is 0 Å². The minimum atomic E-state index is -0.893. The lowest BCUT2D eigenvalue weighted by molar-refractivity contribution is -0.133. The van der Waals surface area contributed by atoms with Gasteiger partial charge in [-0.3, -0.25) is 9.89 Å². The Kier molecular flexibility index (Phi) is 3.98. The number of thioether (sulfide) groups is 1. The van der Waals surface area contributed by atoms with Crippen LogP contribution in [0.15, 0.2) is 41.7 Å². The molecular weight excluding hydrogens is 308 g/mol. The van der Waals surface area contributed by atoms with Crippen LogP contribution in [0.3, 0.4) is 0 Å². The molecule has 106 valence electrons. The summed E-state index contributed by atoms with van der Waals surface area (Å²) < 4.78 is 0. The van der Waals surface area contributed by atoms with Crippen molar-refractivity contribution in [2.24, 2.45) is 0 Å². The van der Waals surface area contributed by atoms with E-state index in [0.717, 1.165) is 27.2 Å². The van der Waals surface area contributed by atoms with E-state index in [0.29, 0.717) is 11.0 Å². The van der Waals surface area contributed by atoms with E-state index in [1.54, 1.807) is 6.20 Å². The minimum absolute atomic E-state index is 0.0603. The SMILES string of the molecule is O=C(O)CSc1n[nH]c(-c2cnc(-c3ccccc3)s2)n1. The Morgan fingerprint density at radius 2 is 2.14 bits per heavy atom. The number of carbonyl (C=O) groups is 1. The average molecular weight is 318 g/mol. The number of nitrogens with one attached hydrogen (secondary N) is 1. The smallest absolute Gasteiger partial charge is 0.313 e. The van der Waals surface area contributed by atoms with Crippen molar-refractivity contribution in [3.8, 4) is 21.3 Å². The molecule has 0 unspecified atom stereocenters. The van der Waals surface area contributed by atoms with Gasteiger partial charge in [0.1, 0.15) is 5.01 Å². The second-order valence-corrected chi connectivity index (χ2v) is 6.02. The Bertz CT molecular complexity index is 754. The highest BCUT2D eigenvalue weighted by atomic mass is 32.2. The molecule has 21 heavy (non-hydrogen) atoms. The van der Waals surface area contributed by atoms with Gasteiger partial charge in [-0.25, -0.2) is 9.97 Å². The zero-order valence-corrected chi connectivity index (χ0v) is 12.3. The van der Waals surface area contributed by atoms with Crippen LogP contribution in [0.1, 0.15) is 0 Å². The first-order chi connectivity index (χ1) is 10.2. The number of rotatable bonds is 5. The first-order valence-electron chi connectivity index (χ1n) is 6.01. The summed E-state index contributed by atoms with van der Waals surface area (Å²) >= 11 is 2.58. The highest BCUT2D eigenvalue weighted by Crippen LogP contribution is 2.30. The van der Waals surface area contributed by atoms with Crippen LogP contribution in [0.25, 0.3) is 21.3 Å². The van der Waals surface area contributed by atoms with Crippen molar-refractivity contribution in [2.45, 2.75) is 5.16 Å². The van der Waals surface area contributed by atoms with Gasteiger partial charge in [0.2, 0.25) is 5.16 Å². The highest BCUT2D eigenvalue weighted by Gasteiger charge is 2.11. The summed E-state index contributed by atoms with van der Waals surface area (Å²) in [6, 6.07) is 9.88. The van der Waals surface area contributed by atoms with Crippen LogP contribution >= 0.6 is 23.1 Å². The maximum atomic E-state index is 10.5. The van der Waals surface area contributed by atoms with Crippen LogP contribution in [-0.4, -0.2) is 37.0 Å². The number of aromatic amines is 1. The fraction of sp³-hybridized carbons (Fsp3) is 0.0769. The summed E-state index contributed by atoms with van der Waals surface area (Å²) in [5.41, 5.74) is 1.05. The van der Waals surface area contributed by atoms with Gasteiger partial charge in [0.15, 0.2) is 5.82 Å². The molecule has 1 aromatic carbocycles. The molecule has 0 saturated carbocycles. The van der Waals surface area contributed by atoms with E-state index in [4.69, 9.17) is 5.11 Å². The predicted octanol–water partition coefficient (Wildman–Crippen LogP) is 2.77. The van der Waals surface area contributed by atoms with Crippen LogP contribution in [0.2, 0.25) is 0 Å². The van der Waals surface area contributed by atoms with Gasteiger partial charge >= 0.3 is 5.97 Å². The second-order valence-electron chi connectivity index (χ2n) is 4.04. The monoisotopic (exact) mass is 318 g/mol.